The molecule has 3 rings (SSSR count). The van der Waals surface area contributed by atoms with Gasteiger partial charge in [0.2, 0.25) is 5.91 Å². The lowest BCUT2D eigenvalue weighted by Crippen LogP contribution is -2.47. The molecule has 1 heterocycles. The van der Waals surface area contributed by atoms with Gasteiger partial charge >= 0.3 is 0 Å². The monoisotopic (exact) mass is 444 g/mol. The van der Waals surface area contributed by atoms with E-state index in [1.54, 1.807) is 0 Å². The van der Waals surface area contributed by atoms with Gasteiger partial charge in [0, 0.05) is 25.2 Å². The van der Waals surface area contributed by atoms with Crippen LogP contribution >= 0.6 is 11.6 Å². The number of non-ortho nitro benzene ring substituents is 1. The van der Waals surface area contributed by atoms with Crippen LogP contribution in [-0.4, -0.2) is 53.4 Å². The van der Waals surface area contributed by atoms with Crippen molar-refractivity contribution in [2.45, 2.75) is 32.4 Å². The number of nitro benzene ring substituents is 1. The maximum Gasteiger partial charge on any atom is 0.271 e. The normalized spacial score (nSPS) is 16.3. The molecule has 1 amide bonds. The van der Waals surface area contributed by atoms with Crippen molar-refractivity contribution in [3.05, 3.63) is 69.2 Å². The van der Waals surface area contributed by atoms with E-state index < -0.39 is 4.92 Å². The number of anilines is 1. The fourth-order valence-electron chi connectivity index (χ4n) is 4.05. The zero-order valence-electron chi connectivity index (χ0n) is 18.0. The Bertz CT molecular complexity index is 901. The van der Waals surface area contributed by atoms with Crippen molar-refractivity contribution in [2.75, 3.05) is 32.0 Å². The first-order valence-electron chi connectivity index (χ1n) is 10.5. The van der Waals surface area contributed by atoms with Crippen LogP contribution in [0.25, 0.3) is 0 Å². The van der Waals surface area contributed by atoms with Gasteiger partial charge in [0.15, 0.2) is 0 Å². The summed E-state index contributed by atoms with van der Waals surface area (Å²) >= 11 is 6.10. The second-order valence-corrected chi connectivity index (χ2v) is 8.66. The minimum Gasteiger partial charge on any atom is -0.323 e. The smallest absolute Gasteiger partial charge is 0.271 e. The van der Waals surface area contributed by atoms with Crippen molar-refractivity contribution in [1.82, 2.24) is 9.80 Å². The molecule has 0 spiro atoms. The fourth-order valence-corrected chi connectivity index (χ4v) is 4.27. The van der Waals surface area contributed by atoms with Crippen LogP contribution in [0.1, 0.15) is 25.3 Å². The third-order valence-electron chi connectivity index (χ3n) is 5.86. The molecule has 1 fully saturated rings. The summed E-state index contributed by atoms with van der Waals surface area (Å²) in [6, 6.07) is 14.2. The number of halogens is 1. The van der Waals surface area contributed by atoms with Crippen LogP contribution in [0.3, 0.4) is 0 Å². The summed E-state index contributed by atoms with van der Waals surface area (Å²) in [7, 11) is 2.16. The van der Waals surface area contributed by atoms with Crippen LogP contribution in [0, 0.1) is 16.0 Å². The Morgan fingerprint density at radius 3 is 2.55 bits per heavy atom. The highest BCUT2D eigenvalue weighted by Gasteiger charge is 2.27. The number of hydrogen-bond acceptors (Lipinski definition) is 5. The summed E-state index contributed by atoms with van der Waals surface area (Å²) in [5, 5.41) is 13.8. The van der Waals surface area contributed by atoms with E-state index in [1.165, 1.54) is 23.8 Å². The topological polar surface area (TPSA) is 78.7 Å². The number of amides is 1. The zero-order chi connectivity index (χ0) is 22.4. The first-order valence-corrected chi connectivity index (χ1v) is 10.9. The van der Waals surface area contributed by atoms with E-state index in [0.717, 1.165) is 39.0 Å². The van der Waals surface area contributed by atoms with Crippen molar-refractivity contribution in [3.8, 4) is 0 Å². The fraction of sp³-hybridized carbons (Fsp3) is 0.435. The molecule has 31 heavy (non-hydrogen) atoms. The van der Waals surface area contributed by atoms with Crippen LogP contribution < -0.4 is 5.32 Å². The number of rotatable bonds is 8. The SMILES string of the molecule is CC(C(=O)Nc1ccc([N+](=O)[O-])cc1Cl)N1CCC(CN(C)Cc2ccccc2)CC1. The Balaban J connectivity index is 1.46. The van der Waals surface area contributed by atoms with Gasteiger partial charge in [-0.15, -0.1) is 0 Å². The van der Waals surface area contributed by atoms with Gasteiger partial charge in [0.1, 0.15) is 0 Å². The molecule has 0 saturated carbocycles. The Labute approximate surface area is 188 Å². The summed E-state index contributed by atoms with van der Waals surface area (Å²) in [6.45, 7) is 5.60. The number of nitro groups is 1. The van der Waals surface area contributed by atoms with Gasteiger partial charge in [-0.1, -0.05) is 41.9 Å². The van der Waals surface area contributed by atoms with Gasteiger partial charge in [-0.2, -0.15) is 0 Å². The molecule has 1 aliphatic rings. The molecule has 1 aliphatic heterocycles. The number of piperidine rings is 1. The number of nitrogens with zero attached hydrogens (tertiary/aromatic N) is 3. The summed E-state index contributed by atoms with van der Waals surface area (Å²) < 4.78 is 0. The highest BCUT2D eigenvalue weighted by molar-refractivity contribution is 6.34. The summed E-state index contributed by atoms with van der Waals surface area (Å²) in [6.07, 6.45) is 2.10. The number of nitrogens with one attached hydrogen (secondary N) is 1. The highest BCUT2D eigenvalue weighted by Crippen LogP contribution is 2.27. The van der Waals surface area contributed by atoms with Crippen LogP contribution in [0.5, 0.6) is 0 Å². The first-order chi connectivity index (χ1) is 14.8. The standard InChI is InChI=1S/C23H29ClN4O3/c1-17(23(29)25-22-9-8-20(28(30)31)14-21(22)24)27-12-10-19(11-13-27)16-26(2)15-18-6-4-3-5-7-18/h3-9,14,17,19H,10-13,15-16H2,1-2H3,(H,25,29). The molecular formula is C23H29ClN4O3. The second-order valence-electron chi connectivity index (χ2n) is 8.25. The molecule has 8 heteroatoms. The predicted octanol–water partition coefficient (Wildman–Crippen LogP) is 4.42. The van der Waals surface area contributed by atoms with Crippen LogP contribution in [0.4, 0.5) is 11.4 Å². The summed E-state index contributed by atoms with van der Waals surface area (Å²) in [4.78, 5) is 27.6. The molecule has 0 bridgehead atoms. The van der Waals surface area contributed by atoms with Crippen molar-refractivity contribution < 1.29 is 9.72 Å². The van der Waals surface area contributed by atoms with Gasteiger partial charge < -0.3 is 10.2 Å². The Hall–Kier alpha value is -2.48. The molecule has 1 N–H and O–H groups in total. The Morgan fingerprint density at radius 1 is 1.26 bits per heavy atom. The highest BCUT2D eigenvalue weighted by atomic mass is 35.5. The van der Waals surface area contributed by atoms with E-state index >= 15 is 0 Å². The molecule has 1 unspecified atom stereocenters. The molecule has 2 aromatic rings. The van der Waals surface area contributed by atoms with E-state index in [9.17, 15) is 14.9 Å². The molecule has 0 aromatic heterocycles. The van der Waals surface area contributed by atoms with E-state index in [1.807, 2.05) is 13.0 Å². The minimum absolute atomic E-state index is 0.102. The molecule has 1 atom stereocenters. The molecule has 166 valence electrons. The van der Waals surface area contributed by atoms with Crippen LogP contribution in [0.2, 0.25) is 5.02 Å². The lowest BCUT2D eigenvalue weighted by molar-refractivity contribution is -0.384. The van der Waals surface area contributed by atoms with E-state index in [0.29, 0.717) is 11.6 Å². The minimum atomic E-state index is -0.512. The largest absolute Gasteiger partial charge is 0.323 e. The number of carbonyl (C=O) groups excluding carboxylic acids is 1. The summed E-state index contributed by atoms with van der Waals surface area (Å²) in [5.41, 5.74) is 1.61. The number of carbonyl (C=O) groups is 1. The van der Waals surface area contributed by atoms with Gasteiger partial charge in [-0.05, 0) is 57.5 Å². The lowest BCUT2D eigenvalue weighted by Gasteiger charge is -2.36. The molecule has 1 saturated heterocycles. The van der Waals surface area contributed by atoms with Crippen LogP contribution in [-0.2, 0) is 11.3 Å². The lowest BCUT2D eigenvalue weighted by atomic mass is 9.95. The van der Waals surface area contributed by atoms with Crippen LogP contribution in [0.15, 0.2) is 48.5 Å². The predicted molar refractivity (Wildman–Crippen MR) is 123 cm³/mol. The maximum atomic E-state index is 12.7. The van der Waals surface area contributed by atoms with Crippen molar-refractivity contribution in [1.29, 1.82) is 0 Å². The summed E-state index contributed by atoms with van der Waals surface area (Å²) in [5.74, 6) is 0.458. The zero-order valence-corrected chi connectivity index (χ0v) is 18.7. The third-order valence-corrected chi connectivity index (χ3v) is 6.18. The van der Waals surface area contributed by atoms with E-state index in [-0.39, 0.29) is 22.7 Å². The number of hydrogen-bond donors (Lipinski definition) is 1. The molecule has 7 nitrogen and oxygen atoms in total. The number of likely N-dealkylation sites (tertiary alicyclic amines) is 1. The quantitative estimate of drug-likeness (QED) is 0.481. The van der Waals surface area contributed by atoms with Crippen molar-refractivity contribution in [3.63, 3.8) is 0 Å². The van der Waals surface area contributed by atoms with Gasteiger partial charge in [0.05, 0.1) is 21.7 Å². The van der Waals surface area contributed by atoms with Crippen molar-refractivity contribution in [2.24, 2.45) is 5.92 Å². The molecular weight excluding hydrogens is 416 g/mol. The molecule has 0 aliphatic carbocycles. The Kier molecular flexibility index (Phi) is 8.01. The maximum absolute atomic E-state index is 12.7. The van der Waals surface area contributed by atoms with Gasteiger partial charge in [-0.25, -0.2) is 0 Å². The number of benzene rings is 2. The van der Waals surface area contributed by atoms with E-state index in [4.69, 9.17) is 11.6 Å². The van der Waals surface area contributed by atoms with Gasteiger partial charge in [-0.3, -0.25) is 19.8 Å². The Morgan fingerprint density at radius 2 is 1.94 bits per heavy atom. The average Bonchev–Trinajstić information content (AvgIpc) is 2.75. The average molecular weight is 445 g/mol. The second kappa shape index (κ2) is 10.7. The van der Waals surface area contributed by atoms with Crippen molar-refractivity contribution >= 4 is 28.9 Å². The molecule has 2 aromatic carbocycles. The van der Waals surface area contributed by atoms with E-state index in [2.05, 4.69) is 46.4 Å². The first kappa shape index (κ1) is 23.2. The van der Waals surface area contributed by atoms with Gasteiger partial charge in [0.25, 0.3) is 5.69 Å². The third kappa shape index (κ3) is 6.50. The molecule has 0 radical (unpaired) electrons.